The summed E-state index contributed by atoms with van der Waals surface area (Å²) in [6.07, 6.45) is 1.71. The lowest BCUT2D eigenvalue weighted by molar-refractivity contribution is -0.177. The fourth-order valence-corrected chi connectivity index (χ4v) is 2.79. The molecule has 1 aromatic heterocycles. The van der Waals surface area contributed by atoms with Gasteiger partial charge in [-0.3, -0.25) is 5.10 Å². The summed E-state index contributed by atoms with van der Waals surface area (Å²) in [6.45, 7) is 8.82. The maximum Gasteiger partial charge on any atom is 0.315 e. The highest BCUT2D eigenvalue weighted by Gasteiger charge is 2.58. The highest BCUT2D eigenvalue weighted by atomic mass is 16.5. The van der Waals surface area contributed by atoms with Crippen LogP contribution in [0, 0.1) is 5.41 Å². The number of aromatic nitrogens is 2. The van der Waals surface area contributed by atoms with Crippen LogP contribution in [0.2, 0.25) is 0 Å². The molecule has 1 fully saturated rings. The summed E-state index contributed by atoms with van der Waals surface area (Å²) in [5.41, 5.74) is 1.66. The largest absolute Gasteiger partial charge is 0.378 e. The molecule has 0 aliphatic heterocycles. The molecule has 0 spiro atoms. The number of ether oxygens (including phenoxy) is 1. The van der Waals surface area contributed by atoms with Gasteiger partial charge in [-0.25, -0.2) is 4.79 Å². The predicted octanol–water partition coefficient (Wildman–Crippen LogP) is 1.97. The molecule has 118 valence electrons. The van der Waals surface area contributed by atoms with Crippen molar-refractivity contribution in [2.24, 2.45) is 5.41 Å². The van der Waals surface area contributed by atoms with E-state index in [9.17, 15) is 4.79 Å². The zero-order valence-corrected chi connectivity index (χ0v) is 13.5. The molecule has 2 amide bonds. The average Bonchev–Trinajstić information content (AvgIpc) is 2.92. The molecular weight excluding hydrogens is 268 g/mol. The molecule has 6 heteroatoms. The Bertz CT molecular complexity index is 512. The third-order valence-electron chi connectivity index (χ3n) is 5.07. The van der Waals surface area contributed by atoms with Gasteiger partial charge in [-0.15, -0.1) is 0 Å². The van der Waals surface area contributed by atoms with Crippen molar-refractivity contribution in [1.82, 2.24) is 20.8 Å². The standard InChI is InChI=1S/C15H26N4O2/c1-6-10-7-11(19-18-10)9-16-13(20)17-12-8-15(4,21-5)14(12,2)3/h7,12H,6,8-9H2,1-5H3,(H,18,19)(H2,16,17,20). The summed E-state index contributed by atoms with van der Waals surface area (Å²) in [5.74, 6) is 0. The number of nitrogens with one attached hydrogen (secondary N) is 3. The van der Waals surface area contributed by atoms with E-state index in [4.69, 9.17) is 4.74 Å². The van der Waals surface area contributed by atoms with Gasteiger partial charge in [0.1, 0.15) is 0 Å². The smallest absolute Gasteiger partial charge is 0.315 e. The van der Waals surface area contributed by atoms with Crippen LogP contribution in [0.15, 0.2) is 6.07 Å². The van der Waals surface area contributed by atoms with Gasteiger partial charge in [0.15, 0.2) is 0 Å². The number of hydrogen-bond acceptors (Lipinski definition) is 3. The average molecular weight is 294 g/mol. The van der Waals surface area contributed by atoms with Gasteiger partial charge in [-0.05, 0) is 25.8 Å². The SMILES string of the molecule is CCc1cc(CNC(=O)NC2CC(C)(OC)C2(C)C)[nH]n1. The predicted molar refractivity (Wildman–Crippen MR) is 80.9 cm³/mol. The van der Waals surface area contributed by atoms with E-state index in [2.05, 4.69) is 41.6 Å². The number of carbonyl (C=O) groups excluding carboxylic acids is 1. The number of H-pyrrole nitrogens is 1. The fourth-order valence-electron chi connectivity index (χ4n) is 2.79. The van der Waals surface area contributed by atoms with E-state index in [-0.39, 0.29) is 23.1 Å². The normalized spacial score (nSPS) is 27.0. The van der Waals surface area contributed by atoms with Crippen molar-refractivity contribution in [1.29, 1.82) is 0 Å². The summed E-state index contributed by atoms with van der Waals surface area (Å²) < 4.78 is 5.56. The van der Waals surface area contributed by atoms with Gasteiger partial charge < -0.3 is 15.4 Å². The Labute approximate surface area is 126 Å². The van der Waals surface area contributed by atoms with E-state index in [0.29, 0.717) is 6.54 Å². The Morgan fingerprint density at radius 2 is 2.24 bits per heavy atom. The molecule has 0 saturated heterocycles. The number of carbonyl (C=O) groups is 1. The highest BCUT2D eigenvalue weighted by Crippen LogP contribution is 2.51. The van der Waals surface area contributed by atoms with E-state index < -0.39 is 0 Å². The van der Waals surface area contributed by atoms with Crippen LogP contribution in [-0.2, 0) is 17.7 Å². The molecule has 21 heavy (non-hydrogen) atoms. The molecule has 2 rings (SSSR count). The lowest BCUT2D eigenvalue weighted by atomic mass is 9.56. The molecule has 1 heterocycles. The van der Waals surface area contributed by atoms with Crippen molar-refractivity contribution < 1.29 is 9.53 Å². The molecule has 0 radical (unpaired) electrons. The molecule has 0 aromatic carbocycles. The van der Waals surface area contributed by atoms with Crippen LogP contribution in [0.25, 0.3) is 0 Å². The van der Waals surface area contributed by atoms with E-state index in [1.165, 1.54) is 0 Å². The van der Waals surface area contributed by atoms with Gasteiger partial charge in [0.2, 0.25) is 0 Å². The third kappa shape index (κ3) is 2.90. The van der Waals surface area contributed by atoms with E-state index in [0.717, 1.165) is 24.2 Å². The van der Waals surface area contributed by atoms with Crippen molar-refractivity contribution in [3.8, 4) is 0 Å². The molecule has 2 unspecified atom stereocenters. The molecule has 1 saturated carbocycles. The Morgan fingerprint density at radius 3 is 2.76 bits per heavy atom. The minimum Gasteiger partial charge on any atom is -0.378 e. The van der Waals surface area contributed by atoms with Gasteiger partial charge in [0.25, 0.3) is 0 Å². The topological polar surface area (TPSA) is 79.0 Å². The zero-order valence-electron chi connectivity index (χ0n) is 13.5. The van der Waals surface area contributed by atoms with Crippen LogP contribution in [-0.4, -0.2) is 35.0 Å². The van der Waals surface area contributed by atoms with Gasteiger partial charge in [-0.2, -0.15) is 5.10 Å². The molecule has 2 atom stereocenters. The first kappa shape index (κ1) is 15.8. The van der Waals surface area contributed by atoms with Gasteiger partial charge in [-0.1, -0.05) is 20.8 Å². The summed E-state index contributed by atoms with van der Waals surface area (Å²) in [4.78, 5) is 12.0. The van der Waals surface area contributed by atoms with E-state index in [1.54, 1.807) is 7.11 Å². The van der Waals surface area contributed by atoms with Crippen LogP contribution in [0.1, 0.15) is 45.5 Å². The fraction of sp³-hybridized carbons (Fsp3) is 0.733. The first-order valence-electron chi connectivity index (χ1n) is 7.45. The van der Waals surface area contributed by atoms with Crippen molar-refractivity contribution in [3.63, 3.8) is 0 Å². The number of rotatable bonds is 5. The first-order chi connectivity index (χ1) is 9.82. The second-order valence-corrected chi connectivity index (χ2v) is 6.48. The number of aromatic amines is 1. The number of aryl methyl sites for hydroxylation is 1. The number of nitrogens with zero attached hydrogens (tertiary/aromatic N) is 1. The van der Waals surface area contributed by atoms with Crippen molar-refractivity contribution in [2.45, 2.75) is 58.7 Å². The monoisotopic (exact) mass is 294 g/mol. The minimum atomic E-state index is -0.176. The van der Waals surface area contributed by atoms with Crippen LogP contribution in [0.5, 0.6) is 0 Å². The quantitative estimate of drug-likeness (QED) is 0.777. The van der Waals surface area contributed by atoms with Crippen LogP contribution >= 0.6 is 0 Å². The maximum atomic E-state index is 12.0. The number of methoxy groups -OCH3 is 1. The molecule has 1 aromatic rings. The Kier molecular flexibility index (Phi) is 4.27. The maximum absolute atomic E-state index is 12.0. The van der Waals surface area contributed by atoms with E-state index >= 15 is 0 Å². The number of amides is 2. The van der Waals surface area contributed by atoms with Crippen LogP contribution in [0.4, 0.5) is 4.79 Å². The summed E-state index contributed by atoms with van der Waals surface area (Å²) in [5, 5.41) is 12.9. The Hall–Kier alpha value is -1.56. The van der Waals surface area contributed by atoms with Gasteiger partial charge in [0.05, 0.1) is 23.5 Å². The van der Waals surface area contributed by atoms with Crippen LogP contribution < -0.4 is 10.6 Å². The molecule has 1 aliphatic carbocycles. The lowest BCUT2D eigenvalue weighted by Gasteiger charge is -2.59. The van der Waals surface area contributed by atoms with E-state index in [1.807, 2.05) is 13.0 Å². The lowest BCUT2D eigenvalue weighted by Crippen LogP contribution is -2.69. The summed E-state index contributed by atoms with van der Waals surface area (Å²) >= 11 is 0. The molecule has 0 bridgehead atoms. The number of hydrogen-bond donors (Lipinski definition) is 3. The third-order valence-corrected chi connectivity index (χ3v) is 5.07. The van der Waals surface area contributed by atoms with Crippen molar-refractivity contribution in [3.05, 3.63) is 17.5 Å². The summed E-state index contributed by atoms with van der Waals surface area (Å²) in [7, 11) is 1.72. The Balaban J connectivity index is 1.81. The molecule has 6 nitrogen and oxygen atoms in total. The molecular formula is C15H26N4O2. The Morgan fingerprint density at radius 1 is 1.52 bits per heavy atom. The van der Waals surface area contributed by atoms with Gasteiger partial charge in [0, 0.05) is 18.6 Å². The van der Waals surface area contributed by atoms with Gasteiger partial charge >= 0.3 is 6.03 Å². The molecule has 3 N–H and O–H groups in total. The second-order valence-electron chi connectivity index (χ2n) is 6.48. The molecule has 1 aliphatic rings. The second kappa shape index (κ2) is 5.67. The zero-order chi connectivity index (χ0) is 15.7. The first-order valence-corrected chi connectivity index (χ1v) is 7.45. The minimum absolute atomic E-state index is 0.0809. The van der Waals surface area contributed by atoms with Crippen molar-refractivity contribution in [2.75, 3.05) is 7.11 Å². The number of urea groups is 1. The highest BCUT2D eigenvalue weighted by molar-refractivity contribution is 5.74. The van der Waals surface area contributed by atoms with Crippen LogP contribution in [0.3, 0.4) is 0 Å². The van der Waals surface area contributed by atoms with Crippen molar-refractivity contribution >= 4 is 6.03 Å². The summed E-state index contributed by atoms with van der Waals surface area (Å²) in [6, 6.07) is 1.93.